The Labute approximate surface area is 197 Å². The first-order valence-electron chi connectivity index (χ1n) is 11.6. The third-order valence-corrected chi connectivity index (χ3v) is 7.97. The molecule has 1 N–H and O–H groups in total. The van der Waals surface area contributed by atoms with Crippen molar-refractivity contribution in [2.75, 3.05) is 26.9 Å². The Morgan fingerprint density at radius 2 is 1.88 bits per heavy atom. The van der Waals surface area contributed by atoms with Crippen LogP contribution in [0.5, 0.6) is 0 Å². The summed E-state index contributed by atoms with van der Waals surface area (Å²) in [6, 6.07) is 10.5. The molecular formula is C25H36N2O5S. The fourth-order valence-corrected chi connectivity index (χ4v) is 5.89. The standard InChI is InChI=1S/C25H36N2O5S/c1-19-7-11-25(12-8-19)33(29,30)27-16-24(10-9-23(27)17-28)32-18-21-14-20(2)26-22(15-21)6-4-5-13-31-3/h7-8,11-12,14-15,23-24,28H,4-6,9-10,13,16-18H2,1-3H3/t23-,24+/m0/s1. The largest absolute Gasteiger partial charge is 0.395 e. The highest BCUT2D eigenvalue weighted by molar-refractivity contribution is 7.89. The smallest absolute Gasteiger partial charge is 0.243 e. The van der Waals surface area contributed by atoms with Gasteiger partial charge in [-0.2, -0.15) is 4.31 Å². The molecule has 0 radical (unpaired) electrons. The van der Waals surface area contributed by atoms with Gasteiger partial charge in [0.25, 0.3) is 0 Å². The van der Waals surface area contributed by atoms with Crippen LogP contribution < -0.4 is 0 Å². The summed E-state index contributed by atoms with van der Waals surface area (Å²) in [6.45, 7) is 5.08. The molecule has 0 unspecified atom stereocenters. The zero-order chi connectivity index (χ0) is 23.8. The van der Waals surface area contributed by atoms with Gasteiger partial charge in [-0.15, -0.1) is 0 Å². The summed E-state index contributed by atoms with van der Waals surface area (Å²) in [5, 5.41) is 9.81. The lowest BCUT2D eigenvalue weighted by atomic mass is 10.0. The van der Waals surface area contributed by atoms with Gasteiger partial charge in [-0.3, -0.25) is 4.98 Å². The Morgan fingerprint density at radius 1 is 1.12 bits per heavy atom. The minimum atomic E-state index is -3.71. The molecule has 2 aromatic rings. The van der Waals surface area contributed by atoms with Crippen LogP contribution in [0.3, 0.4) is 0 Å². The third-order valence-electron chi connectivity index (χ3n) is 6.03. The molecule has 1 aliphatic rings. The molecule has 8 heteroatoms. The van der Waals surface area contributed by atoms with Gasteiger partial charge in [-0.1, -0.05) is 17.7 Å². The van der Waals surface area contributed by atoms with Gasteiger partial charge in [0.05, 0.1) is 24.2 Å². The first kappa shape index (κ1) is 25.8. The molecular weight excluding hydrogens is 440 g/mol. The summed E-state index contributed by atoms with van der Waals surface area (Å²) in [5.41, 5.74) is 4.03. The van der Waals surface area contributed by atoms with Crippen molar-refractivity contribution in [1.29, 1.82) is 0 Å². The van der Waals surface area contributed by atoms with E-state index >= 15 is 0 Å². The monoisotopic (exact) mass is 476 g/mol. The number of aryl methyl sites for hydroxylation is 3. The fraction of sp³-hybridized carbons (Fsp3) is 0.560. The molecule has 182 valence electrons. The van der Waals surface area contributed by atoms with Crippen LogP contribution in [-0.4, -0.2) is 61.8 Å². The lowest BCUT2D eigenvalue weighted by Crippen LogP contribution is -2.50. The van der Waals surface area contributed by atoms with E-state index in [4.69, 9.17) is 9.47 Å². The number of ether oxygens (including phenoxy) is 2. The van der Waals surface area contributed by atoms with E-state index < -0.39 is 16.1 Å². The summed E-state index contributed by atoms with van der Waals surface area (Å²) in [7, 11) is -2.00. The maximum absolute atomic E-state index is 13.3. The zero-order valence-electron chi connectivity index (χ0n) is 19.9. The zero-order valence-corrected chi connectivity index (χ0v) is 20.7. The summed E-state index contributed by atoms with van der Waals surface area (Å²) < 4.78 is 39.2. The molecule has 2 atom stereocenters. The third kappa shape index (κ3) is 7.07. The van der Waals surface area contributed by atoms with Crippen LogP contribution in [0, 0.1) is 13.8 Å². The van der Waals surface area contributed by atoms with Crippen molar-refractivity contribution in [2.24, 2.45) is 0 Å². The van der Waals surface area contributed by atoms with Gasteiger partial charge in [-0.25, -0.2) is 8.42 Å². The Kier molecular flexibility index (Phi) is 9.40. The number of benzene rings is 1. The number of aliphatic hydroxyl groups is 1. The van der Waals surface area contributed by atoms with Crippen LogP contribution >= 0.6 is 0 Å². The van der Waals surface area contributed by atoms with Gasteiger partial charge in [0.2, 0.25) is 10.0 Å². The number of hydrogen-bond acceptors (Lipinski definition) is 6. The average Bonchev–Trinajstić information content (AvgIpc) is 2.80. The molecule has 1 aromatic heterocycles. The molecule has 7 nitrogen and oxygen atoms in total. The number of sulfonamides is 1. The molecule has 1 fully saturated rings. The molecule has 3 rings (SSSR count). The molecule has 0 saturated carbocycles. The molecule has 0 spiro atoms. The number of rotatable bonds is 11. The van der Waals surface area contributed by atoms with Crippen molar-refractivity contribution < 1.29 is 23.0 Å². The van der Waals surface area contributed by atoms with Gasteiger partial charge in [-0.05, 0) is 75.8 Å². The highest BCUT2D eigenvalue weighted by Gasteiger charge is 2.37. The Morgan fingerprint density at radius 3 is 2.58 bits per heavy atom. The van der Waals surface area contributed by atoms with Gasteiger partial charge in [0.15, 0.2) is 0 Å². The van der Waals surface area contributed by atoms with Crippen LogP contribution in [0.1, 0.15) is 48.2 Å². The number of unbranched alkanes of at least 4 members (excludes halogenated alkanes) is 1. The highest BCUT2D eigenvalue weighted by atomic mass is 32.2. The SMILES string of the molecule is COCCCCc1cc(CO[C@@H]2CC[C@@H](CO)N(S(=O)(=O)c3ccc(C)cc3)C2)cc(C)n1. The predicted molar refractivity (Wildman–Crippen MR) is 128 cm³/mol. The van der Waals surface area contributed by atoms with E-state index in [0.717, 1.165) is 48.4 Å². The van der Waals surface area contributed by atoms with Crippen molar-refractivity contribution >= 4 is 10.0 Å². The van der Waals surface area contributed by atoms with Crippen molar-refractivity contribution in [1.82, 2.24) is 9.29 Å². The molecule has 0 amide bonds. The first-order valence-corrected chi connectivity index (χ1v) is 13.0. The second kappa shape index (κ2) is 12.0. The Balaban J connectivity index is 1.65. The highest BCUT2D eigenvalue weighted by Crippen LogP contribution is 2.27. The summed E-state index contributed by atoms with van der Waals surface area (Å²) in [5.74, 6) is 0. The van der Waals surface area contributed by atoms with Gasteiger partial charge >= 0.3 is 0 Å². The van der Waals surface area contributed by atoms with Gasteiger partial charge < -0.3 is 14.6 Å². The van der Waals surface area contributed by atoms with Crippen molar-refractivity contribution in [3.8, 4) is 0 Å². The average molecular weight is 477 g/mol. The maximum atomic E-state index is 13.3. The fourth-order valence-electron chi connectivity index (χ4n) is 4.21. The quantitative estimate of drug-likeness (QED) is 0.500. The van der Waals surface area contributed by atoms with E-state index in [2.05, 4.69) is 11.1 Å². The second-order valence-corrected chi connectivity index (χ2v) is 10.7. The number of aromatic nitrogens is 1. The Hall–Kier alpha value is -1.84. The predicted octanol–water partition coefficient (Wildman–Crippen LogP) is 3.40. The second-order valence-electron chi connectivity index (χ2n) is 8.79. The number of pyridine rings is 1. The van der Waals surface area contributed by atoms with Gasteiger partial charge in [0, 0.05) is 37.7 Å². The van der Waals surface area contributed by atoms with E-state index in [1.165, 1.54) is 4.31 Å². The molecule has 2 heterocycles. The molecule has 33 heavy (non-hydrogen) atoms. The number of nitrogens with zero attached hydrogens (tertiary/aromatic N) is 2. The molecule has 0 aliphatic carbocycles. The van der Waals surface area contributed by atoms with E-state index in [9.17, 15) is 13.5 Å². The molecule has 1 aromatic carbocycles. The minimum Gasteiger partial charge on any atom is -0.395 e. The van der Waals surface area contributed by atoms with Crippen LogP contribution in [0.2, 0.25) is 0 Å². The lowest BCUT2D eigenvalue weighted by Gasteiger charge is -2.37. The lowest BCUT2D eigenvalue weighted by molar-refractivity contribution is -0.0119. The van der Waals surface area contributed by atoms with Gasteiger partial charge in [0.1, 0.15) is 0 Å². The Bertz CT molecular complexity index is 994. The van der Waals surface area contributed by atoms with E-state index in [1.807, 2.05) is 19.9 Å². The number of aliphatic hydroxyl groups excluding tert-OH is 1. The van der Waals surface area contributed by atoms with E-state index in [0.29, 0.717) is 19.4 Å². The topological polar surface area (TPSA) is 89.0 Å². The summed E-state index contributed by atoms with van der Waals surface area (Å²) >= 11 is 0. The molecule has 0 bridgehead atoms. The van der Waals surface area contributed by atoms with Crippen LogP contribution in [0.4, 0.5) is 0 Å². The van der Waals surface area contributed by atoms with Crippen LogP contribution in [0.25, 0.3) is 0 Å². The van der Waals surface area contributed by atoms with Crippen LogP contribution in [0.15, 0.2) is 41.3 Å². The van der Waals surface area contributed by atoms with Crippen molar-refractivity contribution in [3.05, 3.63) is 58.9 Å². The molecule has 1 aliphatic heterocycles. The summed E-state index contributed by atoms with van der Waals surface area (Å²) in [4.78, 5) is 4.87. The number of methoxy groups -OCH3 is 1. The molecule has 1 saturated heterocycles. The normalized spacial score (nSPS) is 19.6. The summed E-state index contributed by atoms with van der Waals surface area (Å²) in [6.07, 6.45) is 3.94. The maximum Gasteiger partial charge on any atom is 0.243 e. The van der Waals surface area contributed by atoms with E-state index in [1.54, 1.807) is 31.4 Å². The van der Waals surface area contributed by atoms with Crippen molar-refractivity contribution in [3.63, 3.8) is 0 Å². The van der Waals surface area contributed by atoms with Crippen molar-refractivity contribution in [2.45, 2.75) is 69.6 Å². The minimum absolute atomic E-state index is 0.201. The number of hydrogen-bond donors (Lipinski definition) is 1. The van der Waals surface area contributed by atoms with E-state index in [-0.39, 0.29) is 24.2 Å². The number of piperidine rings is 1. The first-order chi connectivity index (χ1) is 15.8. The van der Waals surface area contributed by atoms with Crippen LogP contribution in [-0.2, 0) is 32.5 Å².